The summed E-state index contributed by atoms with van der Waals surface area (Å²) in [5.74, 6) is 0. The molecular formula is C12H16N2S. The van der Waals surface area contributed by atoms with E-state index in [0.29, 0.717) is 0 Å². The Kier molecular flexibility index (Phi) is 3.97. The topological polar surface area (TPSA) is 17.8 Å². The highest BCUT2D eigenvalue weighted by Crippen LogP contribution is 2.12. The van der Waals surface area contributed by atoms with Gasteiger partial charge in [-0.15, -0.1) is 11.3 Å². The highest BCUT2D eigenvalue weighted by Gasteiger charge is 1.94. The van der Waals surface area contributed by atoms with Gasteiger partial charge in [-0.1, -0.05) is 12.5 Å². The van der Waals surface area contributed by atoms with Crippen LogP contribution in [-0.2, 0) is 13.0 Å². The van der Waals surface area contributed by atoms with Crippen molar-refractivity contribution in [2.24, 2.45) is 0 Å². The average molecular weight is 220 g/mol. The highest BCUT2D eigenvalue weighted by molar-refractivity contribution is 7.09. The normalized spacial score (nSPS) is 10.7. The van der Waals surface area contributed by atoms with Gasteiger partial charge in [-0.3, -0.25) is 0 Å². The summed E-state index contributed by atoms with van der Waals surface area (Å²) in [5.41, 5.74) is 0. The van der Waals surface area contributed by atoms with Crippen LogP contribution in [0.25, 0.3) is 0 Å². The standard InChI is InChI=1S/C12H16N2S/c1(2-5-12-6-4-10-15-12)3-8-14-9-7-13-11-14/h4,6-7,9-11H,1-3,5,8H2. The lowest BCUT2D eigenvalue weighted by Crippen LogP contribution is -1.94. The third-order valence-electron chi connectivity index (χ3n) is 2.48. The van der Waals surface area contributed by atoms with Gasteiger partial charge < -0.3 is 4.57 Å². The van der Waals surface area contributed by atoms with Crippen molar-refractivity contribution in [3.63, 3.8) is 0 Å². The van der Waals surface area contributed by atoms with Crippen LogP contribution in [0.1, 0.15) is 24.1 Å². The number of thiophene rings is 1. The molecule has 0 saturated heterocycles. The summed E-state index contributed by atoms with van der Waals surface area (Å²) in [6.07, 6.45) is 10.8. The third-order valence-corrected chi connectivity index (χ3v) is 3.41. The SMILES string of the molecule is c1csc(CCCCCn2ccnc2)c1. The zero-order valence-corrected chi connectivity index (χ0v) is 9.62. The molecule has 2 heterocycles. The first-order valence-electron chi connectivity index (χ1n) is 5.43. The van der Waals surface area contributed by atoms with E-state index >= 15 is 0 Å². The van der Waals surface area contributed by atoms with Crippen LogP contribution < -0.4 is 0 Å². The van der Waals surface area contributed by atoms with E-state index in [-0.39, 0.29) is 0 Å². The number of nitrogens with zero attached hydrogens (tertiary/aromatic N) is 2. The van der Waals surface area contributed by atoms with Crippen molar-refractivity contribution in [2.45, 2.75) is 32.2 Å². The molecule has 0 aliphatic heterocycles. The predicted octanol–water partition coefficient (Wildman–Crippen LogP) is 3.36. The molecule has 2 aromatic heterocycles. The first-order chi connectivity index (χ1) is 7.45. The van der Waals surface area contributed by atoms with E-state index in [2.05, 4.69) is 27.1 Å². The summed E-state index contributed by atoms with van der Waals surface area (Å²) in [5, 5.41) is 2.15. The number of imidazole rings is 1. The number of hydrogen-bond acceptors (Lipinski definition) is 2. The number of unbranched alkanes of at least 4 members (excludes halogenated alkanes) is 2. The molecule has 0 bridgehead atoms. The maximum Gasteiger partial charge on any atom is 0.0945 e. The Morgan fingerprint density at radius 1 is 1.27 bits per heavy atom. The van der Waals surface area contributed by atoms with Gasteiger partial charge in [-0.05, 0) is 30.7 Å². The maximum absolute atomic E-state index is 4.03. The van der Waals surface area contributed by atoms with Gasteiger partial charge in [0.2, 0.25) is 0 Å². The van der Waals surface area contributed by atoms with E-state index in [0.717, 1.165) is 6.54 Å². The molecule has 0 aromatic carbocycles. The minimum atomic E-state index is 1.10. The van der Waals surface area contributed by atoms with E-state index in [1.165, 1.54) is 30.6 Å². The van der Waals surface area contributed by atoms with Crippen LogP contribution >= 0.6 is 11.3 Å². The second kappa shape index (κ2) is 5.71. The minimum Gasteiger partial charge on any atom is -0.337 e. The highest BCUT2D eigenvalue weighted by atomic mass is 32.1. The number of aromatic nitrogens is 2. The zero-order valence-electron chi connectivity index (χ0n) is 8.80. The summed E-state index contributed by atoms with van der Waals surface area (Å²) in [6.45, 7) is 1.10. The second-order valence-electron chi connectivity index (χ2n) is 3.69. The first kappa shape index (κ1) is 10.4. The van der Waals surface area contributed by atoms with Crippen LogP contribution in [0.15, 0.2) is 36.2 Å². The zero-order chi connectivity index (χ0) is 10.3. The second-order valence-corrected chi connectivity index (χ2v) is 4.72. The Morgan fingerprint density at radius 2 is 2.27 bits per heavy atom. The van der Waals surface area contributed by atoms with Crippen molar-refractivity contribution >= 4 is 11.3 Å². The molecule has 0 radical (unpaired) electrons. The summed E-state index contributed by atoms with van der Waals surface area (Å²) >= 11 is 1.86. The summed E-state index contributed by atoms with van der Waals surface area (Å²) < 4.78 is 2.14. The van der Waals surface area contributed by atoms with Crippen LogP contribution in [0.3, 0.4) is 0 Å². The van der Waals surface area contributed by atoms with Crippen molar-refractivity contribution in [1.29, 1.82) is 0 Å². The quantitative estimate of drug-likeness (QED) is 0.683. The molecule has 2 rings (SSSR count). The fourth-order valence-electron chi connectivity index (χ4n) is 1.64. The Balaban J connectivity index is 1.56. The monoisotopic (exact) mass is 220 g/mol. The molecule has 0 N–H and O–H groups in total. The van der Waals surface area contributed by atoms with Crippen LogP contribution in [0.2, 0.25) is 0 Å². The number of hydrogen-bond donors (Lipinski definition) is 0. The van der Waals surface area contributed by atoms with E-state index < -0.39 is 0 Å². The molecular weight excluding hydrogens is 204 g/mol. The molecule has 0 saturated carbocycles. The van der Waals surface area contributed by atoms with E-state index in [1.54, 1.807) is 0 Å². The van der Waals surface area contributed by atoms with Crippen molar-refractivity contribution in [3.8, 4) is 0 Å². The van der Waals surface area contributed by atoms with Gasteiger partial charge >= 0.3 is 0 Å². The van der Waals surface area contributed by atoms with E-state index in [4.69, 9.17) is 0 Å². The molecule has 0 atom stereocenters. The predicted molar refractivity (Wildman–Crippen MR) is 64.1 cm³/mol. The fourth-order valence-corrected chi connectivity index (χ4v) is 2.40. The molecule has 0 aliphatic rings. The maximum atomic E-state index is 4.03. The van der Waals surface area contributed by atoms with Gasteiger partial charge in [0.25, 0.3) is 0 Å². The number of aryl methyl sites for hydroxylation is 2. The van der Waals surface area contributed by atoms with Crippen molar-refractivity contribution < 1.29 is 0 Å². The molecule has 0 fully saturated rings. The molecule has 0 spiro atoms. The third kappa shape index (κ3) is 3.51. The molecule has 15 heavy (non-hydrogen) atoms. The molecule has 2 aromatic rings. The number of rotatable bonds is 6. The molecule has 0 amide bonds. The van der Waals surface area contributed by atoms with E-state index in [9.17, 15) is 0 Å². The van der Waals surface area contributed by atoms with Gasteiger partial charge in [-0.2, -0.15) is 0 Å². The Bertz CT molecular complexity index is 315. The minimum absolute atomic E-state index is 1.10. The largest absolute Gasteiger partial charge is 0.337 e. The van der Waals surface area contributed by atoms with Crippen molar-refractivity contribution in [2.75, 3.05) is 0 Å². The summed E-state index contributed by atoms with van der Waals surface area (Å²) in [6, 6.07) is 4.35. The molecule has 0 unspecified atom stereocenters. The van der Waals surface area contributed by atoms with Gasteiger partial charge in [0.05, 0.1) is 6.33 Å². The van der Waals surface area contributed by atoms with Gasteiger partial charge in [0, 0.05) is 23.8 Å². The lowest BCUT2D eigenvalue weighted by Gasteiger charge is -2.01. The van der Waals surface area contributed by atoms with Crippen molar-refractivity contribution in [3.05, 3.63) is 41.1 Å². The Labute approximate surface area is 94.6 Å². The summed E-state index contributed by atoms with van der Waals surface area (Å²) in [4.78, 5) is 5.54. The molecule has 2 nitrogen and oxygen atoms in total. The van der Waals surface area contributed by atoms with Gasteiger partial charge in [-0.25, -0.2) is 4.98 Å². The van der Waals surface area contributed by atoms with Crippen LogP contribution in [0.5, 0.6) is 0 Å². The molecule has 3 heteroatoms. The van der Waals surface area contributed by atoms with Crippen LogP contribution in [-0.4, -0.2) is 9.55 Å². The fraction of sp³-hybridized carbons (Fsp3) is 0.417. The smallest absolute Gasteiger partial charge is 0.0945 e. The van der Waals surface area contributed by atoms with Crippen molar-refractivity contribution in [1.82, 2.24) is 9.55 Å². The van der Waals surface area contributed by atoms with E-state index in [1.807, 2.05) is 30.1 Å². The first-order valence-corrected chi connectivity index (χ1v) is 6.31. The lowest BCUT2D eigenvalue weighted by atomic mass is 10.2. The molecule has 80 valence electrons. The van der Waals surface area contributed by atoms with Gasteiger partial charge in [0.15, 0.2) is 0 Å². The Morgan fingerprint density at radius 3 is 3.00 bits per heavy atom. The van der Waals surface area contributed by atoms with Crippen LogP contribution in [0, 0.1) is 0 Å². The van der Waals surface area contributed by atoms with Gasteiger partial charge in [0.1, 0.15) is 0 Å². The van der Waals surface area contributed by atoms with Crippen LogP contribution in [0.4, 0.5) is 0 Å². The molecule has 0 aliphatic carbocycles. The average Bonchev–Trinajstić information content (AvgIpc) is 2.88. The summed E-state index contributed by atoms with van der Waals surface area (Å²) in [7, 11) is 0. The Hall–Kier alpha value is -1.09. The lowest BCUT2D eigenvalue weighted by molar-refractivity contribution is 0.588.